The average Bonchev–Trinajstić information content (AvgIpc) is 3.27. The van der Waals surface area contributed by atoms with Gasteiger partial charge in [0.25, 0.3) is 0 Å². The van der Waals surface area contributed by atoms with Gasteiger partial charge in [0.15, 0.2) is 0 Å². The van der Waals surface area contributed by atoms with E-state index in [1.807, 2.05) is 24.6 Å². The summed E-state index contributed by atoms with van der Waals surface area (Å²) in [7, 11) is 1.69. The van der Waals surface area contributed by atoms with Crippen LogP contribution in [0.1, 0.15) is 30.0 Å². The van der Waals surface area contributed by atoms with Crippen molar-refractivity contribution in [2.75, 3.05) is 7.11 Å². The zero-order chi connectivity index (χ0) is 14.4. The molecule has 1 aliphatic rings. The van der Waals surface area contributed by atoms with Crippen molar-refractivity contribution >= 4 is 22.2 Å². The van der Waals surface area contributed by atoms with Crippen LogP contribution in [0.2, 0.25) is 0 Å². The number of benzene rings is 1. The second kappa shape index (κ2) is 4.81. The number of nitrogens with zero attached hydrogens (tertiary/aromatic N) is 2. The normalized spacial score (nSPS) is 14.6. The molecule has 0 amide bonds. The Kier molecular flexibility index (Phi) is 2.93. The van der Waals surface area contributed by atoms with Crippen LogP contribution in [0.15, 0.2) is 29.8 Å². The molecule has 0 atom stereocenters. The lowest BCUT2D eigenvalue weighted by Gasteiger charge is -2.10. The number of hydrogen-bond donors (Lipinski definition) is 0. The highest BCUT2D eigenvalue weighted by Gasteiger charge is 2.26. The molecule has 106 valence electrons. The average molecular weight is 296 g/mol. The Morgan fingerprint density at radius 1 is 1.24 bits per heavy atom. The van der Waals surface area contributed by atoms with Crippen LogP contribution in [-0.2, 0) is 0 Å². The SMILES string of the molecule is COc1ccc2c(C3CC3)cc(-c3scnc3C)nc2c1. The van der Waals surface area contributed by atoms with E-state index in [9.17, 15) is 0 Å². The van der Waals surface area contributed by atoms with Gasteiger partial charge in [-0.15, -0.1) is 11.3 Å². The van der Waals surface area contributed by atoms with Crippen molar-refractivity contribution in [1.29, 1.82) is 0 Å². The molecule has 2 heterocycles. The molecule has 1 saturated carbocycles. The summed E-state index contributed by atoms with van der Waals surface area (Å²) in [6.07, 6.45) is 2.57. The van der Waals surface area contributed by atoms with Crippen LogP contribution < -0.4 is 4.74 Å². The van der Waals surface area contributed by atoms with Crippen molar-refractivity contribution in [2.45, 2.75) is 25.7 Å². The summed E-state index contributed by atoms with van der Waals surface area (Å²) in [5.74, 6) is 1.55. The zero-order valence-corrected chi connectivity index (χ0v) is 12.9. The molecule has 3 nitrogen and oxygen atoms in total. The predicted molar refractivity (Wildman–Crippen MR) is 86.1 cm³/mol. The number of methoxy groups -OCH3 is 1. The Bertz CT molecular complexity index is 821. The first-order valence-electron chi connectivity index (χ1n) is 7.15. The lowest BCUT2D eigenvalue weighted by molar-refractivity contribution is 0.415. The molecule has 0 radical (unpaired) electrons. The number of aryl methyl sites for hydroxylation is 1. The van der Waals surface area contributed by atoms with E-state index < -0.39 is 0 Å². The molecule has 1 aromatic carbocycles. The molecule has 2 aromatic heterocycles. The number of aromatic nitrogens is 2. The number of rotatable bonds is 3. The lowest BCUT2D eigenvalue weighted by atomic mass is 10.0. The van der Waals surface area contributed by atoms with Gasteiger partial charge in [0, 0.05) is 11.5 Å². The van der Waals surface area contributed by atoms with Crippen molar-refractivity contribution in [3.63, 3.8) is 0 Å². The van der Waals surface area contributed by atoms with Crippen molar-refractivity contribution in [3.8, 4) is 16.3 Å². The summed E-state index contributed by atoms with van der Waals surface area (Å²) in [6, 6.07) is 8.44. The fraction of sp³-hybridized carbons (Fsp3) is 0.294. The summed E-state index contributed by atoms with van der Waals surface area (Å²) in [5, 5.41) is 1.25. The topological polar surface area (TPSA) is 35.0 Å². The molecule has 1 fully saturated rings. The van der Waals surface area contributed by atoms with Gasteiger partial charge in [0.1, 0.15) is 5.75 Å². The van der Waals surface area contributed by atoms with E-state index in [2.05, 4.69) is 17.1 Å². The highest BCUT2D eigenvalue weighted by atomic mass is 32.1. The monoisotopic (exact) mass is 296 g/mol. The maximum Gasteiger partial charge on any atom is 0.121 e. The second-order valence-corrected chi connectivity index (χ2v) is 6.38. The fourth-order valence-corrected chi connectivity index (χ4v) is 3.52. The summed E-state index contributed by atoms with van der Waals surface area (Å²) < 4.78 is 5.34. The van der Waals surface area contributed by atoms with Crippen molar-refractivity contribution in [1.82, 2.24) is 9.97 Å². The molecule has 0 aliphatic heterocycles. The molecule has 0 bridgehead atoms. The van der Waals surface area contributed by atoms with E-state index in [-0.39, 0.29) is 0 Å². The van der Waals surface area contributed by atoms with Crippen LogP contribution in [0.3, 0.4) is 0 Å². The van der Waals surface area contributed by atoms with Crippen LogP contribution in [-0.4, -0.2) is 17.1 Å². The van der Waals surface area contributed by atoms with E-state index in [0.29, 0.717) is 5.92 Å². The predicted octanol–water partition coefficient (Wildman–Crippen LogP) is 4.55. The van der Waals surface area contributed by atoms with Gasteiger partial charge in [0.05, 0.1) is 34.4 Å². The van der Waals surface area contributed by atoms with Gasteiger partial charge < -0.3 is 4.74 Å². The number of thiazole rings is 1. The van der Waals surface area contributed by atoms with Gasteiger partial charge in [-0.05, 0) is 49.4 Å². The largest absolute Gasteiger partial charge is 0.497 e. The first-order chi connectivity index (χ1) is 10.3. The molecular weight excluding hydrogens is 280 g/mol. The van der Waals surface area contributed by atoms with Gasteiger partial charge in [-0.25, -0.2) is 9.97 Å². The summed E-state index contributed by atoms with van der Waals surface area (Å²) in [5.41, 5.74) is 6.42. The molecule has 0 saturated heterocycles. The quantitative estimate of drug-likeness (QED) is 0.711. The van der Waals surface area contributed by atoms with Gasteiger partial charge in [0.2, 0.25) is 0 Å². The van der Waals surface area contributed by atoms with Crippen LogP contribution in [0.4, 0.5) is 0 Å². The molecule has 0 unspecified atom stereocenters. The maximum absolute atomic E-state index is 5.34. The smallest absolute Gasteiger partial charge is 0.121 e. The van der Waals surface area contributed by atoms with Crippen LogP contribution in [0.25, 0.3) is 21.5 Å². The molecule has 1 aliphatic carbocycles. The first kappa shape index (κ1) is 12.8. The third kappa shape index (κ3) is 2.20. The fourth-order valence-electron chi connectivity index (χ4n) is 2.76. The van der Waals surface area contributed by atoms with Crippen LogP contribution >= 0.6 is 11.3 Å². The van der Waals surface area contributed by atoms with Crippen molar-refractivity contribution in [2.24, 2.45) is 0 Å². The summed E-state index contributed by atoms with van der Waals surface area (Å²) >= 11 is 1.66. The molecule has 3 aromatic rings. The van der Waals surface area contributed by atoms with E-state index in [1.165, 1.54) is 28.7 Å². The van der Waals surface area contributed by atoms with Gasteiger partial charge in [-0.1, -0.05) is 0 Å². The minimum atomic E-state index is 0.691. The second-order valence-electron chi connectivity index (χ2n) is 5.52. The minimum Gasteiger partial charge on any atom is -0.497 e. The minimum absolute atomic E-state index is 0.691. The Morgan fingerprint density at radius 3 is 2.76 bits per heavy atom. The Morgan fingerprint density at radius 2 is 2.10 bits per heavy atom. The third-order valence-corrected chi connectivity index (χ3v) is 5.00. The van der Waals surface area contributed by atoms with Gasteiger partial charge in [-0.2, -0.15) is 0 Å². The molecule has 4 rings (SSSR count). The molecule has 0 spiro atoms. The molecular formula is C17H16N2OS. The summed E-state index contributed by atoms with van der Waals surface area (Å²) in [4.78, 5) is 10.4. The zero-order valence-electron chi connectivity index (χ0n) is 12.1. The van der Waals surface area contributed by atoms with Crippen molar-refractivity contribution < 1.29 is 4.74 Å². The number of fused-ring (bicyclic) bond motifs is 1. The summed E-state index contributed by atoms with van der Waals surface area (Å²) in [6.45, 7) is 2.04. The number of pyridine rings is 1. The van der Waals surface area contributed by atoms with Crippen molar-refractivity contribution in [3.05, 3.63) is 41.0 Å². The van der Waals surface area contributed by atoms with Gasteiger partial charge in [-0.3, -0.25) is 0 Å². The van der Waals surface area contributed by atoms with E-state index >= 15 is 0 Å². The highest BCUT2D eigenvalue weighted by Crippen LogP contribution is 2.44. The van der Waals surface area contributed by atoms with E-state index in [0.717, 1.165) is 22.7 Å². The van der Waals surface area contributed by atoms with E-state index in [4.69, 9.17) is 9.72 Å². The number of hydrogen-bond acceptors (Lipinski definition) is 4. The van der Waals surface area contributed by atoms with Crippen LogP contribution in [0.5, 0.6) is 5.75 Å². The Labute approximate surface area is 127 Å². The van der Waals surface area contributed by atoms with Crippen LogP contribution in [0, 0.1) is 6.92 Å². The number of ether oxygens (including phenoxy) is 1. The lowest BCUT2D eigenvalue weighted by Crippen LogP contribution is -1.92. The molecule has 4 heteroatoms. The highest BCUT2D eigenvalue weighted by molar-refractivity contribution is 7.13. The maximum atomic E-state index is 5.34. The van der Waals surface area contributed by atoms with E-state index in [1.54, 1.807) is 18.4 Å². The third-order valence-electron chi connectivity index (χ3n) is 4.04. The first-order valence-corrected chi connectivity index (χ1v) is 8.03. The Hall–Kier alpha value is -1.94. The Balaban J connectivity index is 1.98. The molecule has 21 heavy (non-hydrogen) atoms. The standard InChI is InChI=1S/C17H16N2OS/c1-10-17(21-9-18-10)16-8-14(11-3-4-11)13-6-5-12(20-2)7-15(13)19-16/h5-9,11H,3-4H2,1-2H3. The molecule has 0 N–H and O–H groups in total. The van der Waals surface area contributed by atoms with Gasteiger partial charge >= 0.3 is 0 Å².